The minimum absolute atomic E-state index is 0.537. The summed E-state index contributed by atoms with van der Waals surface area (Å²) in [5.41, 5.74) is 9.88. The van der Waals surface area contributed by atoms with Gasteiger partial charge in [-0.05, 0) is 41.8 Å². The Morgan fingerprint density at radius 3 is 2.71 bits per heavy atom. The number of nitrogens with zero attached hydrogens (tertiary/aromatic N) is 2. The van der Waals surface area contributed by atoms with E-state index in [4.69, 9.17) is 5.73 Å². The standard InChI is InChI=1S/C21H23N3/c22-12-19-14-24(15-20(19)17-5-2-1-3-6-17)13-16-8-9-21-18(11-16)7-4-10-23-21/h1-11,19-20H,12-15,22H2/t19-,20+/m1/s1. The quantitative estimate of drug-likeness (QED) is 0.802. The van der Waals surface area contributed by atoms with Gasteiger partial charge < -0.3 is 5.73 Å². The van der Waals surface area contributed by atoms with Crippen LogP contribution in [0.5, 0.6) is 0 Å². The van der Waals surface area contributed by atoms with E-state index in [2.05, 4.69) is 64.5 Å². The van der Waals surface area contributed by atoms with Gasteiger partial charge in [0.05, 0.1) is 5.52 Å². The van der Waals surface area contributed by atoms with Gasteiger partial charge in [-0.25, -0.2) is 0 Å². The number of pyridine rings is 1. The molecule has 122 valence electrons. The largest absolute Gasteiger partial charge is 0.330 e. The van der Waals surface area contributed by atoms with E-state index in [1.807, 2.05) is 12.3 Å². The molecule has 2 atom stereocenters. The van der Waals surface area contributed by atoms with Crippen LogP contribution in [0.15, 0.2) is 66.9 Å². The molecule has 4 rings (SSSR count). The molecule has 1 aromatic heterocycles. The zero-order valence-electron chi connectivity index (χ0n) is 13.8. The van der Waals surface area contributed by atoms with Crippen molar-refractivity contribution in [2.45, 2.75) is 12.5 Å². The number of fused-ring (bicyclic) bond motifs is 1. The summed E-state index contributed by atoms with van der Waals surface area (Å²) in [6.07, 6.45) is 1.85. The summed E-state index contributed by atoms with van der Waals surface area (Å²) in [6, 6.07) is 21.5. The molecule has 3 heteroatoms. The molecule has 0 saturated carbocycles. The predicted octanol–water partition coefficient (Wildman–Crippen LogP) is 3.41. The Bertz CT molecular complexity index is 815. The summed E-state index contributed by atoms with van der Waals surface area (Å²) < 4.78 is 0. The van der Waals surface area contributed by atoms with Gasteiger partial charge in [-0.3, -0.25) is 9.88 Å². The monoisotopic (exact) mass is 317 g/mol. The van der Waals surface area contributed by atoms with Gasteiger partial charge in [0.25, 0.3) is 0 Å². The summed E-state index contributed by atoms with van der Waals surface area (Å²) in [4.78, 5) is 6.94. The lowest BCUT2D eigenvalue weighted by molar-refractivity contribution is 0.317. The van der Waals surface area contributed by atoms with E-state index < -0.39 is 0 Å². The van der Waals surface area contributed by atoms with Gasteiger partial charge in [0.15, 0.2) is 0 Å². The highest BCUT2D eigenvalue weighted by Gasteiger charge is 2.32. The molecule has 1 fully saturated rings. The molecule has 3 nitrogen and oxygen atoms in total. The van der Waals surface area contributed by atoms with Gasteiger partial charge in [-0.1, -0.05) is 42.5 Å². The molecule has 1 saturated heterocycles. The van der Waals surface area contributed by atoms with Crippen molar-refractivity contribution >= 4 is 10.9 Å². The molecule has 0 aliphatic carbocycles. The normalized spacial score (nSPS) is 21.4. The van der Waals surface area contributed by atoms with Crippen LogP contribution in [0, 0.1) is 5.92 Å². The Morgan fingerprint density at radius 2 is 1.88 bits per heavy atom. The molecule has 0 bridgehead atoms. The van der Waals surface area contributed by atoms with Crippen LogP contribution in [0.2, 0.25) is 0 Å². The molecule has 24 heavy (non-hydrogen) atoms. The SMILES string of the molecule is NC[C@@H]1CN(Cc2ccc3ncccc3c2)C[C@H]1c1ccccc1. The summed E-state index contributed by atoms with van der Waals surface area (Å²) in [6.45, 7) is 3.88. The van der Waals surface area contributed by atoms with Crippen molar-refractivity contribution in [1.29, 1.82) is 0 Å². The fourth-order valence-corrected chi connectivity index (χ4v) is 3.89. The maximum Gasteiger partial charge on any atom is 0.0702 e. The second-order valence-corrected chi connectivity index (χ2v) is 6.74. The first-order chi connectivity index (χ1) is 11.8. The molecule has 0 radical (unpaired) electrons. The summed E-state index contributed by atoms with van der Waals surface area (Å²) in [5, 5.41) is 1.21. The number of nitrogens with two attached hydrogens (primary N) is 1. The lowest BCUT2D eigenvalue weighted by atomic mass is 9.89. The molecule has 1 aliphatic rings. The van der Waals surface area contributed by atoms with Crippen LogP contribution in [-0.2, 0) is 6.54 Å². The zero-order chi connectivity index (χ0) is 16.4. The van der Waals surface area contributed by atoms with Crippen LogP contribution >= 0.6 is 0 Å². The average molecular weight is 317 g/mol. The molecule has 2 aromatic carbocycles. The van der Waals surface area contributed by atoms with E-state index in [-0.39, 0.29) is 0 Å². The number of hydrogen-bond donors (Lipinski definition) is 1. The third-order valence-electron chi connectivity index (χ3n) is 5.12. The first-order valence-corrected chi connectivity index (χ1v) is 8.64. The van der Waals surface area contributed by atoms with Crippen LogP contribution in [0.1, 0.15) is 17.0 Å². The van der Waals surface area contributed by atoms with E-state index in [9.17, 15) is 0 Å². The fraction of sp³-hybridized carbons (Fsp3) is 0.286. The first-order valence-electron chi connectivity index (χ1n) is 8.64. The average Bonchev–Trinajstić information content (AvgIpc) is 3.05. The minimum Gasteiger partial charge on any atom is -0.330 e. The van der Waals surface area contributed by atoms with Crippen LogP contribution < -0.4 is 5.73 Å². The number of benzene rings is 2. The van der Waals surface area contributed by atoms with Gasteiger partial charge >= 0.3 is 0 Å². The summed E-state index contributed by atoms with van der Waals surface area (Å²) >= 11 is 0. The van der Waals surface area contributed by atoms with Gasteiger partial charge in [0, 0.05) is 37.1 Å². The fourth-order valence-electron chi connectivity index (χ4n) is 3.89. The molecule has 0 unspecified atom stereocenters. The van der Waals surface area contributed by atoms with Crippen LogP contribution in [0.25, 0.3) is 10.9 Å². The van der Waals surface area contributed by atoms with E-state index in [1.165, 1.54) is 16.5 Å². The van der Waals surface area contributed by atoms with Crippen molar-refractivity contribution in [3.05, 3.63) is 78.0 Å². The molecule has 0 spiro atoms. The second-order valence-electron chi connectivity index (χ2n) is 6.74. The maximum atomic E-state index is 6.06. The number of hydrogen-bond acceptors (Lipinski definition) is 3. The van der Waals surface area contributed by atoms with Crippen molar-refractivity contribution in [3.63, 3.8) is 0 Å². The molecule has 0 amide bonds. The molecule has 1 aliphatic heterocycles. The summed E-state index contributed by atoms with van der Waals surface area (Å²) in [7, 11) is 0. The molecule has 3 aromatic rings. The first kappa shape index (κ1) is 15.3. The molecule has 2 heterocycles. The third kappa shape index (κ3) is 3.05. The lowest BCUT2D eigenvalue weighted by Crippen LogP contribution is -2.23. The van der Waals surface area contributed by atoms with Crippen molar-refractivity contribution in [3.8, 4) is 0 Å². The van der Waals surface area contributed by atoms with Crippen LogP contribution in [0.4, 0.5) is 0 Å². The second kappa shape index (κ2) is 6.71. The van der Waals surface area contributed by atoms with Gasteiger partial charge in [0.1, 0.15) is 0 Å². The van der Waals surface area contributed by atoms with Gasteiger partial charge in [0.2, 0.25) is 0 Å². The van der Waals surface area contributed by atoms with E-state index >= 15 is 0 Å². The lowest BCUT2D eigenvalue weighted by Gasteiger charge is -2.17. The van der Waals surface area contributed by atoms with Crippen molar-refractivity contribution in [1.82, 2.24) is 9.88 Å². The van der Waals surface area contributed by atoms with E-state index in [1.54, 1.807) is 0 Å². The Hall–Kier alpha value is -2.23. The Morgan fingerprint density at radius 1 is 1.00 bits per heavy atom. The van der Waals surface area contributed by atoms with Crippen molar-refractivity contribution in [2.75, 3.05) is 19.6 Å². The Labute approximate surface area is 143 Å². The third-order valence-corrected chi connectivity index (χ3v) is 5.12. The molecule has 2 N–H and O–H groups in total. The van der Waals surface area contributed by atoms with E-state index in [0.29, 0.717) is 11.8 Å². The zero-order valence-corrected chi connectivity index (χ0v) is 13.8. The highest BCUT2D eigenvalue weighted by molar-refractivity contribution is 5.78. The van der Waals surface area contributed by atoms with Crippen LogP contribution in [-0.4, -0.2) is 29.5 Å². The van der Waals surface area contributed by atoms with Crippen molar-refractivity contribution < 1.29 is 0 Å². The maximum absolute atomic E-state index is 6.06. The summed E-state index contributed by atoms with van der Waals surface area (Å²) in [5.74, 6) is 1.08. The number of likely N-dealkylation sites (tertiary alicyclic amines) is 1. The highest BCUT2D eigenvalue weighted by Crippen LogP contribution is 2.33. The Kier molecular flexibility index (Phi) is 4.28. The predicted molar refractivity (Wildman–Crippen MR) is 98.7 cm³/mol. The topological polar surface area (TPSA) is 42.1 Å². The van der Waals surface area contributed by atoms with Gasteiger partial charge in [-0.15, -0.1) is 0 Å². The van der Waals surface area contributed by atoms with Crippen molar-refractivity contribution in [2.24, 2.45) is 11.7 Å². The molecular formula is C21H23N3. The van der Waals surface area contributed by atoms with Crippen LogP contribution in [0.3, 0.4) is 0 Å². The Balaban J connectivity index is 1.52. The highest BCUT2D eigenvalue weighted by atomic mass is 15.2. The smallest absolute Gasteiger partial charge is 0.0702 e. The van der Waals surface area contributed by atoms with E-state index in [0.717, 1.165) is 31.7 Å². The van der Waals surface area contributed by atoms with Gasteiger partial charge in [-0.2, -0.15) is 0 Å². The number of aromatic nitrogens is 1. The number of rotatable bonds is 4. The minimum atomic E-state index is 0.537. The molecular weight excluding hydrogens is 294 g/mol.